The molecule has 0 aliphatic carbocycles. The number of benzene rings is 1. The van der Waals surface area contributed by atoms with Crippen LogP contribution in [-0.2, 0) is 14.8 Å². The number of rotatable bonds is 9. The molecule has 0 heterocycles. The summed E-state index contributed by atoms with van der Waals surface area (Å²) in [6, 6.07) is 3.44. The largest absolute Gasteiger partial charge is 0.382 e. The molecule has 1 aromatic carbocycles. The van der Waals surface area contributed by atoms with Gasteiger partial charge in [0.25, 0.3) is 5.69 Å². The van der Waals surface area contributed by atoms with Crippen LogP contribution in [0.25, 0.3) is 0 Å². The molecule has 0 amide bonds. The number of anilines is 1. The molecule has 0 aliphatic rings. The maximum Gasteiger partial charge on any atom is 0.294 e. The van der Waals surface area contributed by atoms with Gasteiger partial charge < -0.3 is 10.2 Å². The molecule has 0 bridgehead atoms. The lowest BCUT2D eigenvalue weighted by atomic mass is 10.3. The summed E-state index contributed by atoms with van der Waals surface area (Å²) in [6.45, 7) is 3.03. The average Bonchev–Trinajstić information content (AvgIpc) is 2.46. The Balaban J connectivity index is 2.83. The third kappa shape index (κ3) is 4.93. The van der Waals surface area contributed by atoms with Crippen molar-refractivity contribution in [2.24, 2.45) is 5.84 Å². The summed E-state index contributed by atoms with van der Waals surface area (Å²) in [7, 11) is -3.81. The first-order valence-corrected chi connectivity index (χ1v) is 7.73. The molecule has 10 heteroatoms. The van der Waals surface area contributed by atoms with Gasteiger partial charge in [-0.3, -0.25) is 16.0 Å². The van der Waals surface area contributed by atoms with Crippen molar-refractivity contribution < 1.29 is 18.1 Å². The monoisotopic (exact) mass is 318 g/mol. The molecule has 0 aliphatic heterocycles. The Hall–Kier alpha value is -1.75. The molecular formula is C11H18N4O5S. The van der Waals surface area contributed by atoms with Crippen LogP contribution >= 0.6 is 0 Å². The fraction of sp³-hybridized carbons (Fsp3) is 0.455. The number of nitro benzene ring substituents is 1. The quantitative estimate of drug-likeness (QED) is 0.262. The zero-order valence-corrected chi connectivity index (χ0v) is 12.4. The van der Waals surface area contributed by atoms with Gasteiger partial charge >= 0.3 is 0 Å². The number of nitro groups is 1. The highest BCUT2D eigenvalue weighted by Gasteiger charge is 2.20. The zero-order chi connectivity index (χ0) is 15.9. The number of sulfonamides is 1. The second-order valence-corrected chi connectivity index (χ2v) is 5.80. The minimum absolute atomic E-state index is 0.0373. The van der Waals surface area contributed by atoms with E-state index in [9.17, 15) is 18.5 Å². The summed E-state index contributed by atoms with van der Waals surface area (Å²) in [5.41, 5.74) is 1.78. The van der Waals surface area contributed by atoms with Gasteiger partial charge in [0.1, 0.15) is 5.69 Å². The van der Waals surface area contributed by atoms with E-state index in [4.69, 9.17) is 10.6 Å². The summed E-state index contributed by atoms with van der Waals surface area (Å²) in [6.07, 6.45) is 0.512. The highest BCUT2D eigenvalue weighted by molar-refractivity contribution is 7.89. The Morgan fingerprint density at radius 2 is 2.14 bits per heavy atom. The predicted molar refractivity (Wildman–Crippen MR) is 77.2 cm³/mol. The van der Waals surface area contributed by atoms with Crippen molar-refractivity contribution in [3.8, 4) is 0 Å². The molecule has 0 saturated carbocycles. The summed E-state index contributed by atoms with van der Waals surface area (Å²) in [5, 5.41) is 10.9. The molecular weight excluding hydrogens is 300 g/mol. The van der Waals surface area contributed by atoms with Crippen LogP contribution in [0, 0.1) is 10.1 Å². The lowest BCUT2D eigenvalue weighted by molar-refractivity contribution is -0.384. The Bertz CT molecular complexity index is 590. The van der Waals surface area contributed by atoms with Crippen LogP contribution in [0.5, 0.6) is 0 Å². The van der Waals surface area contributed by atoms with Crippen LogP contribution in [0.4, 0.5) is 11.4 Å². The Morgan fingerprint density at radius 1 is 1.43 bits per heavy atom. The fourth-order valence-corrected chi connectivity index (χ4v) is 2.65. The van der Waals surface area contributed by atoms with Gasteiger partial charge in [0.2, 0.25) is 10.0 Å². The minimum atomic E-state index is -3.81. The van der Waals surface area contributed by atoms with E-state index < -0.39 is 20.6 Å². The van der Waals surface area contributed by atoms with E-state index in [2.05, 4.69) is 10.1 Å². The number of nitrogens with zero attached hydrogens (tertiary/aromatic N) is 1. The maximum absolute atomic E-state index is 12.0. The Morgan fingerprint density at radius 3 is 2.71 bits per heavy atom. The summed E-state index contributed by atoms with van der Waals surface area (Å²) in [5.74, 6) is 5.14. The number of hydrogen-bond acceptors (Lipinski definition) is 7. The lowest BCUT2D eigenvalue weighted by Gasteiger charge is -2.08. The van der Waals surface area contributed by atoms with E-state index in [1.54, 1.807) is 0 Å². The number of nitrogens with two attached hydrogens (primary N) is 1. The van der Waals surface area contributed by atoms with Crippen molar-refractivity contribution >= 4 is 21.4 Å². The van der Waals surface area contributed by atoms with Crippen LogP contribution in [0.2, 0.25) is 0 Å². The molecule has 118 valence electrons. The van der Waals surface area contributed by atoms with E-state index >= 15 is 0 Å². The second kappa shape index (κ2) is 7.88. The lowest BCUT2D eigenvalue weighted by Crippen LogP contribution is -2.25. The summed E-state index contributed by atoms with van der Waals surface area (Å²) < 4.78 is 31.5. The topological polar surface area (TPSA) is 137 Å². The van der Waals surface area contributed by atoms with Crippen molar-refractivity contribution in [1.29, 1.82) is 0 Å². The first-order valence-electron chi connectivity index (χ1n) is 6.25. The second-order valence-electron chi connectivity index (χ2n) is 4.03. The molecule has 0 aromatic heterocycles. The van der Waals surface area contributed by atoms with Gasteiger partial charge in [-0.15, -0.1) is 0 Å². The van der Waals surface area contributed by atoms with Gasteiger partial charge in [0.05, 0.1) is 9.82 Å². The minimum Gasteiger partial charge on any atom is -0.382 e. The van der Waals surface area contributed by atoms with E-state index in [1.807, 2.05) is 6.92 Å². The number of hydrazine groups is 1. The Labute approximate surface area is 122 Å². The van der Waals surface area contributed by atoms with Gasteiger partial charge in [-0.2, -0.15) is 0 Å². The molecule has 0 spiro atoms. The molecule has 0 unspecified atom stereocenters. The molecule has 21 heavy (non-hydrogen) atoms. The normalized spacial score (nSPS) is 11.3. The van der Waals surface area contributed by atoms with Crippen LogP contribution in [0.3, 0.4) is 0 Å². The van der Waals surface area contributed by atoms with Crippen molar-refractivity contribution in [2.75, 3.05) is 25.2 Å². The van der Waals surface area contributed by atoms with E-state index in [0.717, 1.165) is 6.07 Å². The molecule has 0 radical (unpaired) electrons. The van der Waals surface area contributed by atoms with E-state index in [1.165, 1.54) is 12.1 Å². The molecule has 1 rings (SSSR count). The van der Waals surface area contributed by atoms with Crippen molar-refractivity contribution in [2.45, 2.75) is 18.2 Å². The molecule has 9 nitrogen and oxygen atoms in total. The predicted octanol–water partition coefficient (Wildman–Crippen LogP) is 0.585. The first-order chi connectivity index (χ1) is 9.92. The smallest absolute Gasteiger partial charge is 0.294 e. The van der Waals surface area contributed by atoms with Crippen LogP contribution in [-0.4, -0.2) is 33.1 Å². The average molecular weight is 318 g/mol. The Kier molecular flexibility index (Phi) is 6.49. The third-order valence-corrected chi connectivity index (χ3v) is 4.05. The van der Waals surface area contributed by atoms with Gasteiger partial charge in [-0.1, -0.05) is 0 Å². The van der Waals surface area contributed by atoms with Gasteiger partial charge in [0, 0.05) is 25.8 Å². The van der Waals surface area contributed by atoms with Crippen molar-refractivity contribution in [3.05, 3.63) is 28.3 Å². The highest BCUT2D eigenvalue weighted by atomic mass is 32.2. The number of nitrogen functional groups attached to an aromatic ring is 1. The van der Waals surface area contributed by atoms with Crippen molar-refractivity contribution in [1.82, 2.24) is 4.72 Å². The molecule has 0 fully saturated rings. The number of hydrogen-bond donors (Lipinski definition) is 3. The maximum atomic E-state index is 12.0. The first kappa shape index (κ1) is 17.3. The third-order valence-electron chi connectivity index (χ3n) is 2.59. The van der Waals surface area contributed by atoms with Gasteiger partial charge in [0.15, 0.2) is 0 Å². The summed E-state index contributed by atoms with van der Waals surface area (Å²) in [4.78, 5) is 9.98. The molecule has 0 saturated heterocycles. The number of nitrogens with one attached hydrogen (secondary N) is 2. The van der Waals surface area contributed by atoms with Gasteiger partial charge in [-0.25, -0.2) is 13.1 Å². The molecule has 0 atom stereocenters. The highest BCUT2D eigenvalue weighted by Crippen LogP contribution is 2.26. The molecule has 1 aromatic rings. The van der Waals surface area contributed by atoms with Crippen LogP contribution < -0.4 is 16.0 Å². The standard InChI is InChI=1S/C11H18N4O5S/c1-2-20-7-3-6-13-21(18,19)9-4-5-10(14-12)11(8-9)15(16)17/h4-5,8,13-14H,2-3,6-7,12H2,1H3. The van der Waals surface area contributed by atoms with Crippen molar-refractivity contribution in [3.63, 3.8) is 0 Å². The van der Waals surface area contributed by atoms with E-state index in [0.29, 0.717) is 19.6 Å². The number of ether oxygens (including phenoxy) is 1. The SMILES string of the molecule is CCOCCCNS(=O)(=O)c1ccc(NN)c([N+](=O)[O-])c1. The van der Waals surface area contributed by atoms with Crippen LogP contribution in [0.15, 0.2) is 23.1 Å². The van der Waals surface area contributed by atoms with Crippen LogP contribution in [0.1, 0.15) is 13.3 Å². The zero-order valence-electron chi connectivity index (χ0n) is 11.5. The molecule has 4 N–H and O–H groups in total. The fourth-order valence-electron chi connectivity index (χ4n) is 1.56. The summed E-state index contributed by atoms with van der Waals surface area (Å²) >= 11 is 0. The van der Waals surface area contributed by atoms with E-state index in [-0.39, 0.29) is 17.1 Å². The van der Waals surface area contributed by atoms with Gasteiger partial charge in [-0.05, 0) is 25.5 Å².